The normalized spacial score (nSPS) is 31.2. The predicted molar refractivity (Wildman–Crippen MR) is 95.9 cm³/mol. The molecule has 4 aliphatic rings. The molecule has 0 aliphatic heterocycles. The van der Waals surface area contributed by atoms with Crippen molar-refractivity contribution in [2.45, 2.75) is 50.6 Å². The Morgan fingerprint density at radius 2 is 1.93 bits per heavy atom. The average molecular weight is 370 g/mol. The Hall–Kier alpha value is -2.71. The van der Waals surface area contributed by atoms with Crippen molar-refractivity contribution < 1.29 is 9.72 Å². The van der Waals surface area contributed by atoms with Crippen LogP contribution >= 0.6 is 0 Å². The van der Waals surface area contributed by atoms with E-state index < -0.39 is 4.92 Å². The first-order valence-corrected chi connectivity index (χ1v) is 9.52. The highest BCUT2D eigenvalue weighted by Crippen LogP contribution is 2.58. The maximum atomic E-state index is 12.2. The summed E-state index contributed by atoms with van der Waals surface area (Å²) in [5.74, 6) is 2.71. The van der Waals surface area contributed by atoms with Crippen LogP contribution in [0.15, 0.2) is 24.7 Å². The zero-order valence-electron chi connectivity index (χ0n) is 15.0. The second kappa shape index (κ2) is 5.90. The van der Waals surface area contributed by atoms with Gasteiger partial charge in [0, 0.05) is 12.3 Å². The van der Waals surface area contributed by atoms with E-state index in [0.29, 0.717) is 5.82 Å². The monoisotopic (exact) mass is 370 g/mol. The van der Waals surface area contributed by atoms with Crippen molar-refractivity contribution >= 4 is 17.4 Å². The second-order valence-electron chi connectivity index (χ2n) is 8.49. The molecule has 0 aromatic carbocycles. The molecule has 4 bridgehead atoms. The van der Waals surface area contributed by atoms with E-state index in [4.69, 9.17) is 0 Å². The molecular weight excluding hydrogens is 348 g/mol. The Kier molecular flexibility index (Phi) is 3.60. The van der Waals surface area contributed by atoms with Crippen LogP contribution in [0.1, 0.15) is 38.5 Å². The van der Waals surface area contributed by atoms with Gasteiger partial charge in [0.1, 0.15) is 18.9 Å². The van der Waals surface area contributed by atoms with Crippen LogP contribution in [0.3, 0.4) is 0 Å². The molecule has 4 aliphatic carbocycles. The standard InChI is InChI=1S/C18H22N6O3/c25-17(11-22-10-15(9-19-22)24(26)27)20-16-1-2-23(21-16)18-6-12-3-13(7-18)5-14(4-12)8-18/h1-2,9-10,12-14H,3-8,11H2,(H,20,21,25). The number of anilines is 1. The predicted octanol–water partition coefficient (Wildman–Crippen LogP) is 2.55. The Labute approximate surface area is 155 Å². The Morgan fingerprint density at radius 3 is 2.52 bits per heavy atom. The lowest BCUT2D eigenvalue weighted by Crippen LogP contribution is -2.52. The van der Waals surface area contributed by atoms with E-state index >= 15 is 0 Å². The molecule has 6 rings (SSSR count). The molecule has 0 unspecified atom stereocenters. The number of carbonyl (C=O) groups is 1. The van der Waals surface area contributed by atoms with Crippen molar-refractivity contribution in [3.05, 3.63) is 34.8 Å². The largest absolute Gasteiger partial charge is 0.308 e. The van der Waals surface area contributed by atoms with Crippen LogP contribution in [-0.4, -0.2) is 30.4 Å². The molecule has 4 saturated carbocycles. The Bertz CT molecular complexity index is 865. The van der Waals surface area contributed by atoms with Crippen LogP contribution < -0.4 is 5.32 Å². The third-order valence-corrected chi connectivity index (χ3v) is 6.48. The fraction of sp³-hybridized carbons (Fsp3) is 0.611. The zero-order valence-corrected chi connectivity index (χ0v) is 15.0. The van der Waals surface area contributed by atoms with E-state index in [1.54, 1.807) is 0 Å². The van der Waals surface area contributed by atoms with Gasteiger partial charge in [0.25, 0.3) is 0 Å². The highest BCUT2D eigenvalue weighted by molar-refractivity contribution is 5.89. The van der Waals surface area contributed by atoms with Gasteiger partial charge < -0.3 is 5.32 Å². The van der Waals surface area contributed by atoms with Gasteiger partial charge in [-0.3, -0.25) is 24.3 Å². The molecule has 1 amide bonds. The van der Waals surface area contributed by atoms with Crippen LogP contribution in [0.2, 0.25) is 0 Å². The second-order valence-corrected chi connectivity index (χ2v) is 8.49. The highest BCUT2D eigenvalue weighted by Gasteiger charge is 2.52. The quantitative estimate of drug-likeness (QED) is 0.643. The minimum absolute atomic E-state index is 0.0853. The average Bonchev–Trinajstić information content (AvgIpc) is 3.23. The summed E-state index contributed by atoms with van der Waals surface area (Å²) in [6.07, 6.45) is 12.1. The summed E-state index contributed by atoms with van der Waals surface area (Å²) in [5.41, 5.74) is -0.00533. The molecular formula is C18H22N6O3. The first-order chi connectivity index (χ1) is 13.0. The lowest BCUT2D eigenvalue weighted by Gasteiger charge is -2.56. The molecule has 2 aromatic rings. The third-order valence-electron chi connectivity index (χ3n) is 6.48. The van der Waals surface area contributed by atoms with Crippen molar-refractivity contribution in [3.63, 3.8) is 0 Å². The summed E-state index contributed by atoms with van der Waals surface area (Å²) in [6.45, 7) is -0.0853. The number of carbonyl (C=O) groups excluding carboxylic acids is 1. The van der Waals surface area contributed by atoms with Crippen molar-refractivity contribution in [3.8, 4) is 0 Å². The van der Waals surface area contributed by atoms with Gasteiger partial charge >= 0.3 is 5.69 Å². The summed E-state index contributed by atoms with van der Waals surface area (Å²) in [6, 6.07) is 1.84. The number of hydrogen-bond acceptors (Lipinski definition) is 5. The molecule has 2 heterocycles. The SMILES string of the molecule is O=C(Cn1cc([N+](=O)[O-])cn1)Nc1ccn(C23CC4CC(CC(C4)C2)C3)n1. The van der Waals surface area contributed by atoms with Crippen molar-refractivity contribution in [2.75, 3.05) is 5.32 Å². The van der Waals surface area contributed by atoms with Crippen LogP contribution in [0.5, 0.6) is 0 Å². The molecule has 0 radical (unpaired) electrons. The van der Waals surface area contributed by atoms with Crippen molar-refractivity contribution in [1.29, 1.82) is 0 Å². The molecule has 2 aromatic heterocycles. The first-order valence-electron chi connectivity index (χ1n) is 9.52. The summed E-state index contributed by atoms with van der Waals surface area (Å²) in [4.78, 5) is 22.4. The first kappa shape index (κ1) is 16.5. The number of nitrogens with one attached hydrogen (secondary N) is 1. The van der Waals surface area contributed by atoms with Crippen molar-refractivity contribution in [2.24, 2.45) is 17.8 Å². The molecule has 142 valence electrons. The molecule has 4 fully saturated rings. The number of hydrogen-bond donors (Lipinski definition) is 1. The lowest BCUT2D eigenvalue weighted by atomic mass is 9.53. The number of nitro groups is 1. The third kappa shape index (κ3) is 2.90. The number of amides is 1. The fourth-order valence-corrected chi connectivity index (χ4v) is 5.86. The topological polar surface area (TPSA) is 108 Å². The molecule has 9 heteroatoms. The molecule has 9 nitrogen and oxygen atoms in total. The highest BCUT2D eigenvalue weighted by atomic mass is 16.6. The number of rotatable bonds is 5. The van der Waals surface area contributed by atoms with Gasteiger partial charge in [0.2, 0.25) is 5.91 Å². The summed E-state index contributed by atoms with van der Waals surface area (Å²) in [5, 5.41) is 22.0. The van der Waals surface area contributed by atoms with Crippen molar-refractivity contribution in [1.82, 2.24) is 19.6 Å². The zero-order chi connectivity index (χ0) is 18.6. The summed E-state index contributed by atoms with van der Waals surface area (Å²) < 4.78 is 3.34. The van der Waals surface area contributed by atoms with Gasteiger partial charge in [-0.2, -0.15) is 10.2 Å². The minimum atomic E-state index is -0.533. The maximum Gasteiger partial charge on any atom is 0.307 e. The van der Waals surface area contributed by atoms with E-state index in [1.807, 2.05) is 12.3 Å². The van der Waals surface area contributed by atoms with E-state index in [2.05, 4.69) is 20.2 Å². The van der Waals surface area contributed by atoms with Crippen LogP contribution in [0, 0.1) is 27.9 Å². The number of nitrogens with zero attached hydrogens (tertiary/aromatic N) is 5. The fourth-order valence-electron chi connectivity index (χ4n) is 5.86. The van der Waals surface area contributed by atoms with Gasteiger partial charge in [0.15, 0.2) is 5.82 Å². The lowest BCUT2D eigenvalue weighted by molar-refractivity contribution is -0.385. The van der Waals surface area contributed by atoms with Gasteiger partial charge in [0.05, 0.1) is 10.5 Å². The molecule has 27 heavy (non-hydrogen) atoms. The number of aromatic nitrogens is 4. The Balaban J connectivity index is 1.27. The molecule has 0 spiro atoms. The smallest absolute Gasteiger partial charge is 0.307 e. The van der Waals surface area contributed by atoms with Crippen LogP contribution in [0.25, 0.3) is 0 Å². The molecule has 0 saturated heterocycles. The van der Waals surface area contributed by atoms with E-state index in [9.17, 15) is 14.9 Å². The summed E-state index contributed by atoms with van der Waals surface area (Å²) >= 11 is 0. The van der Waals surface area contributed by atoms with E-state index in [-0.39, 0.29) is 23.7 Å². The van der Waals surface area contributed by atoms with E-state index in [1.165, 1.54) is 49.4 Å². The minimum Gasteiger partial charge on any atom is -0.308 e. The van der Waals surface area contributed by atoms with Gasteiger partial charge in [-0.25, -0.2) is 0 Å². The molecule has 0 atom stereocenters. The molecule has 1 N–H and O–H groups in total. The van der Waals surface area contributed by atoms with Gasteiger partial charge in [-0.05, 0) is 56.3 Å². The summed E-state index contributed by atoms with van der Waals surface area (Å²) in [7, 11) is 0. The van der Waals surface area contributed by atoms with Crippen LogP contribution in [-0.2, 0) is 16.9 Å². The van der Waals surface area contributed by atoms with E-state index in [0.717, 1.165) is 24.0 Å². The van der Waals surface area contributed by atoms with Gasteiger partial charge in [-0.15, -0.1) is 0 Å². The maximum absolute atomic E-state index is 12.2. The van der Waals surface area contributed by atoms with Gasteiger partial charge in [-0.1, -0.05) is 0 Å². The van der Waals surface area contributed by atoms with Crippen LogP contribution in [0.4, 0.5) is 11.5 Å². The Morgan fingerprint density at radius 1 is 1.26 bits per heavy atom.